The number of carbonyl (C=O) groups excluding carboxylic acids is 8. The molecule has 17 nitrogen and oxygen atoms in total. The van der Waals surface area contributed by atoms with Gasteiger partial charge in [-0.15, -0.1) is 0 Å². The fourth-order valence-electron chi connectivity index (χ4n) is 18.5. The van der Waals surface area contributed by atoms with Gasteiger partial charge in [0.2, 0.25) is 0 Å². The minimum atomic E-state index is -0.716. The molecule has 2 aliphatic heterocycles. The van der Waals surface area contributed by atoms with E-state index in [1.807, 2.05) is 69.2 Å². The van der Waals surface area contributed by atoms with Crippen LogP contribution in [0.3, 0.4) is 0 Å². The largest absolute Gasteiger partial charge is 0.462 e. The lowest BCUT2D eigenvalue weighted by molar-refractivity contribution is -0.225. The standard InChI is InChI=1S/C24H34O8.C20H32O2.C16H26O3.C10H16O4/c1-5-23(3,4)22(28)29-12-15(25)30-18-14-11-13-16(20(26)31-19(13)18)17(14)21(27)32-24(6-2)9-7-8-10-24;1-5-19(3,4)18(21)22-20(6-2)11-14-10-15(20)17-13-8-7-12(9-13)16(14)17;1-4-14(2,3)13(17)19-16-8-11-5-12(9-16)7-15(18,6-11)10-16;1-4-10(2,3)9(12)14-7-5-8(11)13-6-7/h13-14,16-19H,5-12H2,1-4H3;12-17H,5-11H2,1-4H3;11-12,18H,4-10H2,1-3H3;7H,4-6H2,1-3H3. The second-order valence-corrected chi connectivity index (χ2v) is 31.9. The molecule has 490 valence electrons. The average Bonchev–Trinajstić information content (AvgIpc) is 1.60. The van der Waals surface area contributed by atoms with E-state index in [-0.39, 0.29) is 77.4 Å². The Morgan fingerprint density at radius 3 is 1.74 bits per heavy atom. The summed E-state index contributed by atoms with van der Waals surface area (Å²) < 4.78 is 44.4. The van der Waals surface area contributed by atoms with E-state index in [1.54, 1.807) is 13.8 Å². The Balaban J connectivity index is 0.000000145. The molecule has 11 aliphatic carbocycles. The van der Waals surface area contributed by atoms with Crippen molar-refractivity contribution in [1.82, 2.24) is 0 Å². The van der Waals surface area contributed by atoms with Crippen molar-refractivity contribution in [1.29, 1.82) is 0 Å². The van der Waals surface area contributed by atoms with Crippen LogP contribution in [0.4, 0.5) is 0 Å². The molecule has 0 spiro atoms. The molecule has 1 N–H and O–H groups in total. The van der Waals surface area contributed by atoms with Crippen LogP contribution in [0.5, 0.6) is 0 Å². The third-order valence-corrected chi connectivity index (χ3v) is 24.8. The first-order valence-corrected chi connectivity index (χ1v) is 34.1. The van der Waals surface area contributed by atoms with Crippen molar-refractivity contribution >= 4 is 47.8 Å². The molecule has 13 fully saturated rings. The third-order valence-electron chi connectivity index (χ3n) is 24.8. The maximum Gasteiger partial charge on any atom is 0.344 e. The Hall–Kier alpha value is -4.28. The molecule has 0 radical (unpaired) electrons. The van der Waals surface area contributed by atoms with Crippen molar-refractivity contribution in [2.24, 2.45) is 92.7 Å². The van der Waals surface area contributed by atoms with E-state index in [0.717, 1.165) is 113 Å². The topological polar surface area (TPSA) is 231 Å². The van der Waals surface area contributed by atoms with Gasteiger partial charge in [0.05, 0.1) is 45.5 Å². The Kier molecular flexibility index (Phi) is 19.3. The van der Waals surface area contributed by atoms with E-state index >= 15 is 0 Å². The van der Waals surface area contributed by atoms with Crippen molar-refractivity contribution < 1.29 is 81.4 Å². The van der Waals surface area contributed by atoms with E-state index in [0.29, 0.717) is 43.4 Å². The zero-order valence-corrected chi connectivity index (χ0v) is 55.3. The van der Waals surface area contributed by atoms with Gasteiger partial charge in [-0.1, -0.05) is 41.5 Å². The lowest BCUT2D eigenvalue weighted by Crippen LogP contribution is -2.61. The van der Waals surface area contributed by atoms with Gasteiger partial charge in [0.25, 0.3) is 0 Å². The third kappa shape index (κ3) is 13.3. The number of cyclic esters (lactones) is 1. The number of ether oxygens (including phenoxy) is 8. The minimum Gasteiger partial charge on any atom is -0.462 e. The van der Waals surface area contributed by atoms with Crippen LogP contribution in [-0.2, 0) is 76.3 Å². The summed E-state index contributed by atoms with van der Waals surface area (Å²) in [6, 6.07) is 0. The molecule has 17 heteroatoms. The fourth-order valence-corrected chi connectivity index (χ4v) is 18.5. The van der Waals surface area contributed by atoms with Crippen molar-refractivity contribution in [2.45, 2.75) is 285 Å². The molecule has 0 aromatic heterocycles. The second-order valence-electron chi connectivity index (χ2n) is 31.9. The van der Waals surface area contributed by atoms with Gasteiger partial charge in [0, 0.05) is 24.2 Å². The molecule has 0 aromatic carbocycles. The van der Waals surface area contributed by atoms with Gasteiger partial charge in [-0.05, 0) is 232 Å². The Bertz CT molecular complexity index is 2580. The van der Waals surface area contributed by atoms with Gasteiger partial charge < -0.3 is 43.0 Å². The van der Waals surface area contributed by atoms with E-state index in [1.165, 1.54) is 32.1 Å². The highest BCUT2D eigenvalue weighted by atomic mass is 16.6. The summed E-state index contributed by atoms with van der Waals surface area (Å²) in [6.45, 7) is 27.0. The number of hydrogen-bond acceptors (Lipinski definition) is 17. The van der Waals surface area contributed by atoms with Gasteiger partial charge in [0.1, 0.15) is 41.7 Å². The van der Waals surface area contributed by atoms with Gasteiger partial charge in [-0.25, -0.2) is 4.79 Å². The number of fused-ring (bicyclic) bond motifs is 10. The molecule has 11 saturated carbocycles. The van der Waals surface area contributed by atoms with Crippen LogP contribution in [0.25, 0.3) is 0 Å². The van der Waals surface area contributed by atoms with Crippen molar-refractivity contribution in [2.75, 3.05) is 13.2 Å². The van der Waals surface area contributed by atoms with E-state index in [2.05, 4.69) is 13.8 Å². The smallest absolute Gasteiger partial charge is 0.344 e. The molecule has 13 rings (SSSR count). The van der Waals surface area contributed by atoms with Crippen LogP contribution in [0.15, 0.2) is 0 Å². The van der Waals surface area contributed by atoms with E-state index in [9.17, 15) is 43.5 Å². The summed E-state index contributed by atoms with van der Waals surface area (Å²) in [7, 11) is 0. The normalized spacial score (nSPS) is 38.2. The molecule has 0 aromatic rings. The van der Waals surface area contributed by atoms with Crippen LogP contribution >= 0.6 is 0 Å². The van der Waals surface area contributed by atoms with Crippen LogP contribution in [0.2, 0.25) is 0 Å². The quantitative estimate of drug-likeness (QED) is 0.0764. The first kappa shape index (κ1) is 67.1. The Morgan fingerprint density at radius 2 is 1.18 bits per heavy atom. The highest BCUT2D eigenvalue weighted by Gasteiger charge is 2.71. The molecule has 2 heterocycles. The summed E-state index contributed by atoms with van der Waals surface area (Å²) in [5, 5.41) is 10.6. The van der Waals surface area contributed by atoms with E-state index < -0.39 is 76.0 Å². The predicted molar refractivity (Wildman–Crippen MR) is 320 cm³/mol. The highest BCUT2D eigenvalue weighted by Crippen LogP contribution is 2.71. The predicted octanol–water partition coefficient (Wildman–Crippen LogP) is 12.1. The van der Waals surface area contributed by atoms with Crippen LogP contribution in [0, 0.1) is 92.7 Å². The Labute approximate surface area is 518 Å². The van der Waals surface area contributed by atoms with Crippen molar-refractivity contribution in [3.63, 3.8) is 0 Å². The molecule has 87 heavy (non-hydrogen) atoms. The van der Waals surface area contributed by atoms with Crippen molar-refractivity contribution in [3.05, 3.63) is 0 Å². The zero-order valence-electron chi connectivity index (χ0n) is 55.3. The monoisotopic (exact) mass is 1220 g/mol. The first-order valence-electron chi connectivity index (χ1n) is 34.1. The Morgan fingerprint density at radius 1 is 0.609 bits per heavy atom. The second kappa shape index (κ2) is 25.1. The summed E-state index contributed by atoms with van der Waals surface area (Å²) in [5.41, 5.74) is -3.41. The summed E-state index contributed by atoms with van der Waals surface area (Å²) in [5.74, 6) is 2.28. The molecular formula is C70H108O17. The molecule has 16 unspecified atom stereocenters. The lowest BCUT2D eigenvalue weighted by Gasteiger charge is -2.59. The molecular weight excluding hydrogens is 1110 g/mol. The summed E-state index contributed by atoms with van der Waals surface area (Å²) in [4.78, 5) is 97.8. The maximum absolute atomic E-state index is 13.2. The van der Waals surface area contributed by atoms with Gasteiger partial charge in [0.15, 0.2) is 6.61 Å². The highest BCUT2D eigenvalue weighted by molar-refractivity contribution is 5.87. The number of hydrogen-bond donors (Lipinski definition) is 1. The fraction of sp³-hybridized carbons (Fsp3) is 0.886. The summed E-state index contributed by atoms with van der Waals surface area (Å²) in [6.07, 6.45) is 20.1. The minimum absolute atomic E-state index is 0.0455. The van der Waals surface area contributed by atoms with Gasteiger partial charge >= 0.3 is 47.8 Å². The average molecular weight is 1220 g/mol. The summed E-state index contributed by atoms with van der Waals surface area (Å²) >= 11 is 0. The number of esters is 8. The number of aliphatic hydroxyl groups is 1. The molecule has 13 aliphatic rings. The molecule has 10 bridgehead atoms. The van der Waals surface area contributed by atoms with Crippen LogP contribution in [-0.4, -0.2) is 107 Å². The lowest BCUT2D eigenvalue weighted by atomic mass is 9.52. The first-order chi connectivity index (χ1) is 40.7. The number of carbonyl (C=O) groups is 8. The zero-order chi connectivity index (χ0) is 63.6. The molecule has 16 atom stereocenters. The van der Waals surface area contributed by atoms with Crippen LogP contribution in [0.1, 0.15) is 245 Å². The molecule has 2 saturated heterocycles. The van der Waals surface area contributed by atoms with Gasteiger partial charge in [-0.3, -0.25) is 33.6 Å². The SMILES string of the molecule is CCC(C)(C)C(=O)OC1(CC)CC2CC1C1C3CCC(C3)C21.CCC(C)(C)C(=O)OC12CC3CC(CC(O)(C3)C1)C2.CCC(C)(C)C(=O)OC1COC(=O)C1.CCC1(OC(=O)C2C3CC4C(OC(=O)C42)C3OC(=O)COC(=O)C(C)(C)CC)CCCC1. The maximum atomic E-state index is 13.2. The van der Waals surface area contributed by atoms with Gasteiger partial charge in [-0.2, -0.15) is 0 Å². The number of rotatable bonds is 18. The van der Waals surface area contributed by atoms with E-state index in [4.69, 9.17) is 37.9 Å². The van der Waals surface area contributed by atoms with Crippen LogP contribution < -0.4 is 0 Å². The molecule has 0 amide bonds. The van der Waals surface area contributed by atoms with Crippen molar-refractivity contribution in [3.8, 4) is 0 Å².